The van der Waals surface area contributed by atoms with Gasteiger partial charge in [0.25, 0.3) is 5.91 Å². The SMILES string of the molecule is N#CC1(NC(=O)C(CS(=O)(=O)Cc2ccccc2)OC(=O)N2CCOCC2)CC1. The zero-order valence-electron chi connectivity index (χ0n) is 15.9. The zero-order valence-corrected chi connectivity index (χ0v) is 16.7. The molecule has 2 aliphatic rings. The summed E-state index contributed by atoms with van der Waals surface area (Å²) in [4.78, 5) is 26.4. The normalized spacial score (nSPS) is 18.9. The molecule has 1 aliphatic heterocycles. The largest absolute Gasteiger partial charge is 0.435 e. The molecule has 29 heavy (non-hydrogen) atoms. The number of amides is 2. The lowest BCUT2D eigenvalue weighted by atomic mass is 10.2. The number of rotatable bonds is 7. The molecule has 0 radical (unpaired) electrons. The lowest BCUT2D eigenvalue weighted by Crippen LogP contribution is -2.49. The van der Waals surface area contributed by atoms with Crippen LogP contribution in [0.2, 0.25) is 0 Å². The molecule has 1 unspecified atom stereocenters. The molecule has 2 fully saturated rings. The molecule has 9 nitrogen and oxygen atoms in total. The van der Waals surface area contributed by atoms with Crippen LogP contribution in [0.25, 0.3) is 0 Å². The van der Waals surface area contributed by atoms with Gasteiger partial charge in [-0.1, -0.05) is 30.3 Å². The topological polar surface area (TPSA) is 126 Å². The van der Waals surface area contributed by atoms with E-state index < -0.39 is 39.2 Å². The van der Waals surface area contributed by atoms with Crippen molar-refractivity contribution in [2.45, 2.75) is 30.2 Å². The molecular formula is C19H23N3O6S. The number of hydrogen-bond donors (Lipinski definition) is 1. The van der Waals surface area contributed by atoms with Gasteiger partial charge in [0, 0.05) is 13.1 Å². The highest BCUT2D eigenvalue weighted by Crippen LogP contribution is 2.34. The minimum absolute atomic E-state index is 0.282. The smallest absolute Gasteiger partial charge is 0.410 e. The molecule has 1 aliphatic carbocycles. The monoisotopic (exact) mass is 421 g/mol. The average Bonchev–Trinajstić information content (AvgIpc) is 3.48. The van der Waals surface area contributed by atoms with Gasteiger partial charge in [-0.3, -0.25) is 4.79 Å². The maximum atomic E-state index is 12.7. The summed E-state index contributed by atoms with van der Waals surface area (Å²) < 4.78 is 35.8. The van der Waals surface area contributed by atoms with Gasteiger partial charge in [0.05, 0.1) is 30.8 Å². The molecule has 0 spiro atoms. The molecule has 3 rings (SSSR count). The van der Waals surface area contributed by atoms with Gasteiger partial charge in [0.2, 0.25) is 0 Å². The van der Waals surface area contributed by atoms with E-state index in [2.05, 4.69) is 5.32 Å². The van der Waals surface area contributed by atoms with Crippen molar-refractivity contribution in [2.75, 3.05) is 32.1 Å². The van der Waals surface area contributed by atoms with Crippen LogP contribution < -0.4 is 5.32 Å². The predicted octanol–water partition coefficient (Wildman–Crippen LogP) is 0.611. The number of nitrogens with zero attached hydrogens (tertiary/aromatic N) is 2. The number of nitriles is 1. The van der Waals surface area contributed by atoms with E-state index in [1.807, 2.05) is 6.07 Å². The Morgan fingerprint density at radius 3 is 2.48 bits per heavy atom. The Morgan fingerprint density at radius 1 is 1.24 bits per heavy atom. The number of carbonyl (C=O) groups is 2. The van der Waals surface area contributed by atoms with Crippen LogP contribution in [0.4, 0.5) is 4.79 Å². The third-order valence-corrected chi connectivity index (χ3v) is 6.35. The Bertz CT molecular complexity index is 886. The molecule has 1 aromatic rings. The van der Waals surface area contributed by atoms with E-state index in [-0.39, 0.29) is 5.75 Å². The molecule has 0 bridgehead atoms. The van der Waals surface area contributed by atoms with Crippen molar-refractivity contribution in [1.29, 1.82) is 5.26 Å². The first-order valence-corrected chi connectivity index (χ1v) is 11.2. The number of ether oxygens (including phenoxy) is 2. The summed E-state index contributed by atoms with van der Waals surface area (Å²) in [6.07, 6.45) is -1.35. The predicted molar refractivity (Wildman–Crippen MR) is 102 cm³/mol. The van der Waals surface area contributed by atoms with Crippen LogP contribution in [-0.4, -0.2) is 69.0 Å². The molecule has 156 valence electrons. The van der Waals surface area contributed by atoms with Crippen molar-refractivity contribution < 1.29 is 27.5 Å². The van der Waals surface area contributed by atoms with Crippen LogP contribution in [-0.2, 0) is 29.9 Å². The first kappa shape index (κ1) is 21.1. The van der Waals surface area contributed by atoms with E-state index in [0.29, 0.717) is 44.7 Å². The Kier molecular flexibility index (Phi) is 6.39. The summed E-state index contributed by atoms with van der Waals surface area (Å²) in [7, 11) is -3.76. The third kappa shape index (κ3) is 5.92. The van der Waals surface area contributed by atoms with Crippen LogP contribution in [0, 0.1) is 11.3 Å². The van der Waals surface area contributed by atoms with E-state index in [9.17, 15) is 23.3 Å². The van der Waals surface area contributed by atoms with Gasteiger partial charge in [-0.25, -0.2) is 13.2 Å². The molecule has 0 aromatic heterocycles. The van der Waals surface area contributed by atoms with E-state index in [1.165, 1.54) is 4.90 Å². The van der Waals surface area contributed by atoms with Crippen molar-refractivity contribution in [3.63, 3.8) is 0 Å². The summed E-state index contributed by atoms with van der Waals surface area (Å²) in [5.41, 5.74) is -0.425. The Hall–Kier alpha value is -2.64. The molecule has 2 amide bonds. The molecule has 1 saturated carbocycles. The van der Waals surface area contributed by atoms with Gasteiger partial charge in [0.1, 0.15) is 5.54 Å². The maximum absolute atomic E-state index is 12.7. The first-order chi connectivity index (χ1) is 13.8. The number of hydrogen-bond acceptors (Lipinski definition) is 7. The van der Waals surface area contributed by atoms with Crippen molar-refractivity contribution in [2.24, 2.45) is 0 Å². The second-order valence-corrected chi connectivity index (χ2v) is 9.30. The van der Waals surface area contributed by atoms with E-state index in [1.54, 1.807) is 30.3 Å². The average molecular weight is 421 g/mol. The molecule has 10 heteroatoms. The first-order valence-electron chi connectivity index (χ1n) is 9.33. The van der Waals surface area contributed by atoms with Gasteiger partial charge in [-0.05, 0) is 18.4 Å². The zero-order chi connectivity index (χ0) is 20.9. The van der Waals surface area contributed by atoms with Gasteiger partial charge in [0.15, 0.2) is 15.9 Å². The maximum Gasteiger partial charge on any atom is 0.410 e. The van der Waals surface area contributed by atoms with Crippen molar-refractivity contribution in [3.8, 4) is 6.07 Å². The highest BCUT2D eigenvalue weighted by Gasteiger charge is 2.46. The second-order valence-electron chi connectivity index (χ2n) is 7.20. The molecule has 1 N–H and O–H groups in total. The Morgan fingerprint density at radius 2 is 1.90 bits per heavy atom. The van der Waals surface area contributed by atoms with E-state index in [0.717, 1.165) is 0 Å². The third-order valence-electron chi connectivity index (χ3n) is 4.77. The number of benzene rings is 1. The standard InChI is InChI=1S/C19H23N3O6S/c20-14-19(6-7-19)21-17(23)16(28-18(24)22-8-10-27-11-9-22)13-29(25,26)12-15-4-2-1-3-5-15/h1-5,16H,6-13H2,(H,21,23). The molecule has 1 saturated heterocycles. The van der Waals surface area contributed by atoms with Crippen molar-refractivity contribution in [1.82, 2.24) is 10.2 Å². The fraction of sp³-hybridized carbons (Fsp3) is 0.526. The molecular weight excluding hydrogens is 398 g/mol. The second kappa shape index (κ2) is 8.80. The molecule has 1 atom stereocenters. The van der Waals surface area contributed by atoms with Gasteiger partial charge in [-0.2, -0.15) is 5.26 Å². The summed E-state index contributed by atoms with van der Waals surface area (Å²) in [5, 5.41) is 11.7. The minimum atomic E-state index is -3.76. The summed E-state index contributed by atoms with van der Waals surface area (Å²) in [6.45, 7) is 1.28. The van der Waals surface area contributed by atoms with Crippen molar-refractivity contribution >= 4 is 21.8 Å². The van der Waals surface area contributed by atoms with Gasteiger partial charge >= 0.3 is 6.09 Å². The number of carbonyl (C=O) groups excluding carboxylic acids is 2. The van der Waals surface area contributed by atoms with Gasteiger partial charge < -0.3 is 19.7 Å². The van der Waals surface area contributed by atoms with Crippen LogP contribution in [0.15, 0.2) is 30.3 Å². The summed E-state index contributed by atoms with van der Waals surface area (Å²) >= 11 is 0. The quantitative estimate of drug-likeness (QED) is 0.684. The molecule has 1 heterocycles. The van der Waals surface area contributed by atoms with Crippen LogP contribution in [0.1, 0.15) is 18.4 Å². The minimum Gasteiger partial charge on any atom is -0.435 e. The summed E-state index contributed by atoms with van der Waals surface area (Å²) in [5.74, 6) is -1.72. The Balaban J connectivity index is 1.71. The fourth-order valence-corrected chi connectivity index (χ4v) is 4.43. The highest BCUT2D eigenvalue weighted by molar-refractivity contribution is 7.90. The van der Waals surface area contributed by atoms with Crippen LogP contribution in [0.5, 0.6) is 0 Å². The van der Waals surface area contributed by atoms with E-state index >= 15 is 0 Å². The Labute approximate surface area is 169 Å². The van der Waals surface area contributed by atoms with E-state index in [4.69, 9.17) is 9.47 Å². The summed E-state index contributed by atoms with van der Waals surface area (Å²) in [6, 6.07) is 10.6. The van der Waals surface area contributed by atoms with Gasteiger partial charge in [-0.15, -0.1) is 0 Å². The van der Waals surface area contributed by atoms with Crippen LogP contribution in [0.3, 0.4) is 0 Å². The lowest BCUT2D eigenvalue weighted by Gasteiger charge is -2.28. The van der Waals surface area contributed by atoms with Crippen LogP contribution >= 0.6 is 0 Å². The highest BCUT2D eigenvalue weighted by atomic mass is 32.2. The number of sulfone groups is 1. The number of nitrogens with one attached hydrogen (secondary N) is 1. The molecule has 1 aromatic carbocycles. The fourth-order valence-electron chi connectivity index (χ4n) is 2.93. The van der Waals surface area contributed by atoms with Crippen molar-refractivity contribution in [3.05, 3.63) is 35.9 Å². The lowest BCUT2D eigenvalue weighted by molar-refractivity contribution is -0.129. The number of morpholine rings is 1.